The number of aryl methyl sites for hydroxylation is 3. The number of phenols is 1. The molecule has 1 heterocycles. The van der Waals surface area contributed by atoms with Crippen LogP contribution in [0.4, 0.5) is 11.4 Å². The molecule has 0 fully saturated rings. The third-order valence-corrected chi connectivity index (χ3v) is 5.24. The van der Waals surface area contributed by atoms with Gasteiger partial charge < -0.3 is 19.6 Å². The van der Waals surface area contributed by atoms with E-state index in [-0.39, 0.29) is 23.1 Å². The van der Waals surface area contributed by atoms with Gasteiger partial charge in [0.15, 0.2) is 17.9 Å². The Bertz CT molecular complexity index is 1350. The molecule has 4 rings (SSSR count). The number of hydrogen-bond donors (Lipinski definition) is 2. The lowest BCUT2D eigenvalue weighted by Gasteiger charge is -2.11. The summed E-state index contributed by atoms with van der Waals surface area (Å²) in [6.45, 7) is 5.21. The number of para-hydroxylation sites is 2. The first-order chi connectivity index (χ1) is 15.7. The monoisotopic (exact) mass is 447 g/mol. The largest absolute Gasteiger partial charge is 0.507 e. The number of fused-ring (bicyclic) bond motifs is 1. The third-order valence-electron chi connectivity index (χ3n) is 5.24. The van der Waals surface area contributed by atoms with Gasteiger partial charge in [0.25, 0.3) is 5.91 Å². The van der Waals surface area contributed by atoms with E-state index in [2.05, 4.69) is 10.3 Å². The molecule has 0 radical (unpaired) electrons. The molecule has 0 spiro atoms. The highest BCUT2D eigenvalue weighted by atomic mass is 16.6. The maximum Gasteiger partial charge on any atom is 0.310 e. The molecule has 1 aromatic heterocycles. The van der Waals surface area contributed by atoms with Crippen molar-refractivity contribution in [2.75, 3.05) is 11.9 Å². The number of amides is 1. The van der Waals surface area contributed by atoms with E-state index in [0.29, 0.717) is 27.9 Å². The van der Waals surface area contributed by atoms with E-state index in [1.165, 1.54) is 18.2 Å². The van der Waals surface area contributed by atoms with Gasteiger partial charge in [-0.25, -0.2) is 4.98 Å². The van der Waals surface area contributed by atoms with Crippen LogP contribution in [0.5, 0.6) is 11.5 Å². The minimum atomic E-state index is -0.577. The number of anilines is 1. The Balaban J connectivity index is 1.56. The van der Waals surface area contributed by atoms with Gasteiger partial charge in [0.05, 0.1) is 10.5 Å². The Morgan fingerprint density at radius 2 is 1.85 bits per heavy atom. The summed E-state index contributed by atoms with van der Waals surface area (Å²) < 4.78 is 11.2. The molecule has 0 atom stereocenters. The fourth-order valence-electron chi connectivity index (χ4n) is 3.38. The number of benzene rings is 3. The summed E-state index contributed by atoms with van der Waals surface area (Å²) in [6, 6.07) is 12.8. The second-order valence-electron chi connectivity index (χ2n) is 7.67. The van der Waals surface area contributed by atoms with E-state index in [0.717, 1.165) is 11.1 Å². The van der Waals surface area contributed by atoms with Crippen molar-refractivity contribution in [3.63, 3.8) is 0 Å². The number of nitro groups is 1. The fraction of sp³-hybridized carbons (Fsp3) is 0.167. The number of aromatic nitrogens is 1. The summed E-state index contributed by atoms with van der Waals surface area (Å²) in [6.07, 6.45) is 0. The molecule has 0 aliphatic carbocycles. The third kappa shape index (κ3) is 4.47. The molecule has 9 heteroatoms. The number of carbonyl (C=O) groups is 1. The van der Waals surface area contributed by atoms with Gasteiger partial charge in [-0.3, -0.25) is 14.9 Å². The molecule has 168 valence electrons. The van der Waals surface area contributed by atoms with Crippen molar-refractivity contribution >= 4 is 28.4 Å². The van der Waals surface area contributed by atoms with E-state index in [4.69, 9.17) is 9.15 Å². The summed E-state index contributed by atoms with van der Waals surface area (Å²) in [5.41, 5.74) is 4.40. The second kappa shape index (κ2) is 8.62. The van der Waals surface area contributed by atoms with Crippen LogP contribution in [0.1, 0.15) is 16.7 Å². The van der Waals surface area contributed by atoms with E-state index in [9.17, 15) is 20.0 Å². The van der Waals surface area contributed by atoms with Crippen LogP contribution in [0, 0.1) is 30.9 Å². The van der Waals surface area contributed by atoms with E-state index in [1.54, 1.807) is 25.1 Å². The van der Waals surface area contributed by atoms with Gasteiger partial charge in [0, 0.05) is 11.8 Å². The molecule has 0 aliphatic heterocycles. The quantitative estimate of drug-likeness (QED) is 0.240. The van der Waals surface area contributed by atoms with Crippen molar-refractivity contribution in [1.82, 2.24) is 4.98 Å². The Kier molecular flexibility index (Phi) is 5.70. The maximum absolute atomic E-state index is 12.4. The number of ether oxygens (including phenoxy) is 1. The van der Waals surface area contributed by atoms with Crippen molar-refractivity contribution in [2.45, 2.75) is 20.8 Å². The minimum Gasteiger partial charge on any atom is -0.507 e. The normalized spacial score (nSPS) is 10.9. The summed E-state index contributed by atoms with van der Waals surface area (Å²) in [5.74, 6) is -0.308. The zero-order valence-electron chi connectivity index (χ0n) is 18.2. The molecule has 33 heavy (non-hydrogen) atoms. The van der Waals surface area contributed by atoms with Crippen molar-refractivity contribution in [3.8, 4) is 23.0 Å². The average molecular weight is 447 g/mol. The summed E-state index contributed by atoms with van der Waals surface area (Å²) in [5, 5.41) is 24.3. The smallest absolute Gasteiger partial charge is 0.310 e. The van der Waals surface area contributed by atoms with Crippen molar-refractivity contribution in [1.29, 1.82) is 0 Å². The Hall–Kier alpha value is -4.40. The van der Waals surface area contributed by atoms with Crippen LogP contribution in [-0.2, 0) is 4.79 Å². The molecule has 1 amide bonds. The summed E-state index contributed by atoms with van der Waals surface area (Å²) in [4.78, 5) is 27.4. The minimum absolute atomic E-state index is 0.00251. The first-order valence-corrected chi connectivity index (χ1v) is 10.1. The number of phenolic OH excluding ortho intramolecular Hbond substituents is 1. The lowest BCUT2D eigenvalue weighted by molar-refractivity contribution is -0.385. The van der Waals surface area contributed by atoms with Gasteiger partial charge in [0.1, 0.15) is 11.3 Å². The average Bonchev–Trinajstić information content (AvgIpc) is 3.17. The van der Waals surface area contributed by atoms with Gasteiger partial charge in [0.2, 0.25) is 5.89 Å². The van der Waals surface area contributed by atoms with Crippen LogP contribution in [0.25, 0.3) is 22.6 Å². The van der Waals surface area contributed by atoms with Crippen LogP contribution >= 0.6 is 0 Å². The second-order valence-corrected chi connectivity index (χ2v) is 7.67. The van der Waals surface area contributed by atoms with Gasteiger partial charge in [-0.15, -0.1) is 0 Å². The van der Waals surface area contributed by atoms with Crippen LogP contribution in [0.2, 0.25) is 0 Å². The predicted octanol–water partition coefficient (Wildman–Crippen LogP) is 5.05. The van der Waals surface area contributed by atoms with Gasteiger partial charge in [-0.1, -0.05) is 12.1 Å². The maximum atomic E-state index is 12.4. The zero-order chi connectivity index (χ0) is 23.7. The standard InChI is InChI=1S/C24H21N3O6/c1-13-9-18-21(10-14(13)2)33-24(26-18)17-11-16(8-15(3)23(17)29)25-22(28)12-32-20-7-5-4-6-19(20)27(30)31/h4-11,29H,12H2,1-3H3,(H,25,28). The first kappa shape index (κ1) is 21.8. The van der Waals surface area contributed by atoms with Gasteiger partial charge in [-0.2, -0.15) is 0 Å². The van der Waals surface area contributed by atoms with Crippen molar-refractivity contribution < 1.29 is 24.0 Å². The Morgan fingerprint density at radius 3 is 2.61 bits per heavy atom. The van der Waals surface area contributed by atoms with E-state index >= 15 is 0 Å². The number of nitrogens with one attached hydrogen (secondary N) is 1. The number of rotatable bonds is 6. The number of nitro benzene ring substituents is 1. The number of hydrogen-bond acceptors (Lipinski definition) is 7. The Morgan fingerprint density at radius 1 is 1.12 bits per heavy atom. The first-order valence-electron chi connectivity index (χ1n) is 10.1. The van der Waals surface area contributed by atoms with Gasteiger partial charge in [-0.05, 0) is 67.8 Å². The number of oxazole rings is 1. The predicted molar refractivity (Wildman–Crippen MR) is 123 cm³/mol. The number of carbonyl (C=O) groups excluding carboxylic acids is 1. The molecule has 0 saturated carbocycles. The molecule has 0 aliphatic rings. The van der Waals surface area contributed by atoms with Crippen molar-refractivity contribution in [2.24, 2.45) is 0 Å². The van der Waals surface area contributed by atoms with Crippen LogP contribution in [0.15, 0.2) is 52.9 Å². The molecule has 9 nitrogen and oxygen atoms in total. The molecule has 2 N–H and O–H groups in total. The lowest BCUT2D eigenvalue weighted by Crippen LogP contribution is -2.20. The number of nitrogens with zero attached hydrogens (tertiary/aromatic N) is 2. The summed E-state index contributed by atoms with van der Waals surface area (Å²) in [7, 11) is 0. The van der Waals surface area contributed by atoms with Gasteiger partial charge >= 0.3 is 5.69 Å². The van der Waals surface area contributed by atoms with Crippen LogP contribution in [-0.4, -0.2) is 27.5 Å². The topological polar surface area (TPSA) is 128 Å². The molecule has 0 bridgehead atoms. The lowest BCUT2D eigenvalue weighted by atomic mass is 10.1. The van der Waals surface area contributed by atoms with Crippen LogP contribution in [0.3, 0.4) is 0 Å². The van der Waals surface area contributed by atoms with E-state index < -0.39 is 17.4 Å². The fourth-order valence-corrected chi connectivity index (χ4v) is 3.38. The van der Waals surface area contributed by atoms with E-state index in [1.807, 2.05) is 26.0 Å². The highest BCUT2D eigenvalue weighted by Gasteiger charge is 2.18. The number of aromatic hydroxyl groups is 1. The highest BCUT2D eigenvalue weighted by molar-refractivity contribution is 5.93. The van der Waals surface area contributed by atoms with Crippen molar-refractivity contribution in [3.05, 3.63) is 75.3 Å². The highest BCUT2D eigenvalue weighted by Crippen LogP contribution is 2.36. The Labute approximate surface area is 188 Å². The molecule has 0 unspecified atom stereocenters. The zero-order valence-corrected chi connectivity index (χ0v) is 18.2. The molecular weight excluding hydrogens is 426 g/mol. The van der Waals surface area contributed by atoms with Crippen LogP contribution < -0.4 is 10.1 Å². The molecule has 4 aromatic rings. The summed E-state index contributed by atoms with van der Waals surface area (Å²) >= 11 is 0. The SMILES string of the molecule is Cc1cc2nc(-c3cc(NC(=O)COc4ccccc4[N+](=O)[O-])cc(C)c3O)oc2cc1C. The molecule has 3 aromatic carbocycles. The molecule has 0 saturated heterocycles. The molecular formula is C24H21N3O6.